The van der Waals surface area contributed by atoms with Crippen molar-refractivity contribution in [2.45, 2.75) is 39.2 Å². The van der Waals surface area contributed by atoms with Crippen LogP contribution in [-0.4, -0.2) is 19.8 Å². The van der Waals surface area contributed by atoms with Crippen LogP contribution in [0.1, 0.15) is 32.3 Å². The molecule has 20 heavy (non-hydrogen) atoms. The molecule has 0 aliphatic rings. The highest BCUT2D eigenvalue weighted by atomic mass is 35.5. The Kier molecular flexibility index (Phi) is 7.28. The standard InChI is InChI=1S/C16H22ClNO2/c1-4-6-7-8-20-16-12(10-14(18)5-2)9-13(17)11-15(16)19-3/h9,11,14H,5,7-8,10,18H2,1-3H3. The van der Waals surface area contributed by atoms with E-state index < -0.39 is 0 Å². The van der Waals surface area contributed by atoms with E-state index in [9.17, 15) is 0 Å². The molecule has 1 atom stereocenters. The molecule has 1 unspecified atom stereocenters. The van der Waals surface area contributed by atoms with E-state index >= 15 is 0 Å². The summed E-state index contributed by atoms with van der Waals surface area (Å²) < 4.78 is 11.2. The normalized spacial score (nSPS) is 11.4. The monoisotopic (exact) mass is 295 g/mol. The van der Waals surface area contributed by atoms with E-state index in [2.05, 4.69) is 18.8 Å². The average molecular weight is 296 g/mol. The summed E-state index contributed by atoms with van der Waals surface area (Å²) in [7, 11) is 1.61. The molecule has 0 aliphatic heterocycles. The molecular formula is C16H22ClNO2. The number of methoxy groups -OCH3 is 1. The van der Waals surface area contributed by atoms with Crippen molar-refractivity contribution in [1.82, 2.24) is 0 Å². The number of halogens is 1. The summed E-state index contributed by atoms with van der Waals surface area (Å²) in [6, 6.07) is 3.72. The van der Waals surface area contributed by atoms with E-state index in [0.717, 1.165) is 17.7 Å². The van der Waals surface area contributed by atoms with Gasteiger partial charge in [-0.3, -0.25) is 0 Å². The fourth-order valence-corrected chi connectivity index (χ4v) is 2.08. The number of hydrogen-bond acceptors (Lipinski definition) is 3. The van der Waals surface area contributed by atoms with Crippen LogP contribution in [0.15, 0.2) is 12.1 Å². The first-order valence-corrected chi connectivity index (χ1v) is 7.14. The van der Waals surface area contributed by atoms with Crippen molar-refractivity contribution in [3.05, 3.63) is 22.7 Å². The van der Waals surface area contributed by atoms with E-state index in [1.54, 1.807) is 13.2 Å². The lowest BCUT2D eigenvalue weighted by Gasteiger charge is -2.17. The molecule has 0 heterocycles. The summed E-state index contributed by atoms with van der Waals surface area (Å²) in [5, 5.41) is 0.626. The minimum atomic E-state index is 0.0796. The minimum absolute atomic E-state index is 0.0796. The molecule has 1 rings (SSSR count). The van der Waals surface area contributed by atoms with Crippen molar-refractivity contribution in [3.63, 3.8) is 0 Å². The van der Waals surface area contributed by atoms with Gasteiger partial charge in [0.05, 0.1) is 13.7 Å². The van der Waals surface area contributed by atoms with Gasteiger partial charge in [-0.15, -0.1) is 11.8 Å². The fraction of sp³-hybridized carbons (Fsp3) is 0.500. The van der Waals surface area contributed by atoms with Crippen LogP contribution in [-0.2, 0) is 6.42 Å². The molecular weight excluding hydrogens is 274 g/mol. The Morgan fingerprint density at radius 2 is 2.15 bits per heavy atom. The molecule has 2 N–H and O–H groups in total. The molecule has 0 amide bonds. The van der Waals surface area contributed by atoms with Gasteiger partial charge in [-0.05, 0) is 25.8 Å². The van der Waals surface area contributed by atoms with Crippen molar-refractivity contribution in [2.24, 2.45) is 5.73 Å². The second-order valence-electron chi connectivity index (χ2n) is 4.49. The van der Waals surface area contributed by atoms with Crippen molar-refractivity contribution >= 4 is 11.6 Å². The molecule has 3 nitrogen and oxygen atoms in total. The summed E-state index contributed by atoms with van der Waals surface area (Å²) in [5.41, 5.74) is 7.01. The molecule has 0 aromatic heterocycles. The SMILES string of the molecule is CC#CCCOc1c(CC(N)CC)cc(Cl)cc1OC. The zero-order chi connectivity index (χ0) is 15.0. The third-order valence-corrected chi connectivity index (χ3v) is 3.19. The predicted octanol–water partition coefficient (Wildman–Crippen LogP) is 3.42. The predicted molar refractivity (Wildman–Crippen MR) is 83.5 cm³/mol. The number of ether oxygens (including phenoxy) is 2. The van der Waals surface area contributed by atoms with Crippen LogP contribution in [0.5, 0.6) is 11.5 Å². The summed E-state index contributed by atoms with van der Waals surface area (Å²) >= 11 is 6.11. The summed E-state index contributed by atoms with van der Waals surface area (Å²) in [5.74, 6) is 7.18. The summed E-state index contributed by atoms with van der Waals surface area (Å²) in [6.07, 6.45) is 2.29. The smallest absolute Gasteiger partial charge is 0.164 e. The van der Waals surface area contributed by atoms with Crippen LogP contribution in [0, 0.1) is 11.8 Å². The molecule has 1 aromatic carbocycles. The highest BCUT2D eigenvalue weighted by Gasteiger charge is 2.15. The second-order valence-corrected chi connectivity index (χ2v) is 4.93. The first-order chi connectivity index (χ1) is 9.62. The van der Waals surface area contributed by atoms with Crippen LogP contribution >= 0.6 is 11.6 Å². The van der Waals surface area contributed by atoms with E-state index in [4.69, 9.17) is 26.8 Å². The third kappa shape index (κ3) is 4.96. The topological polar surface area (TPSA) is 44.5 Å². The number of rotatable bonds is 7. The lowest BCUT2D eigenvalue weighted by Crippen LogP contribution is -2.22. The van der Waals surface area contributed by atoms with E-state index in [1.807, 2.05) is 13.0 Å². The second kappa shape index (κ2) is 8.73. The largest absolute Gasteiger partial charge is 0.493 e. The molecule has 0 radical (unpaired) electrons. The van der Waals surface area contributed by atoms with Gasteiger partial charge in [0.15, 0.2) is 11.5 Å². The van der Waals surface area contributed by atoms with Crippen LogP contribution in [0.4, 0.5) is 0 Å². The Morgan fingerprint density at radius 1 is 1.40 bits per heavy atom. The minimum Gasteiger partial charge on any atom is -0.493 e. The van der Waals surface area contributed by atoms with Gasteiger partial charge in [-0.25, -0.2) is 0 Å². The summed E-state index contributed by atoms with van der Waals surface area (Å²) in [4.78, 5) is 0. The Balaban J connectivity index is 2.97. The zero-order valence-electron chi connectivity index (χ0n) is 12.3. The third-order valence-electron chi connectivity index (χ3n) is 2.97. The zero-order valence-corrected chi connectivity index (χ0v) is 13.1. The molecule has 4 heteroatoms. The first-order valence-electron chi connectivity index (χ1n) is 6.76. The maximum Gasteiger partial charge on any atom is 0.164 e. The Labute approximate surface area is 126 Å². The van der Waals surface area contributed by atoms with Crippen molar-refractivity contribution in [1.29, 1.82) is 0 Å². The molecule has 0 aliphatic carbocycles. The summed E-state index contributed by atoms with van der Waals surface area (Å²) in [6.45, 7) is 4.39. The quantitative estimate of drug-likeness (QED) is 0.619. The van der Waals surface area contributed by atoms with Crippen molar-refractivity contribution in [2.75, 3.05) is 13.7 Å². The highest BCUT2D eigenvalue weighted by Crippen LogP contribution is 2.35. The van der Waals surface area contributed by atoms with Gasteiger partial charge in [-0.1, -0.05) is 18.5 Å². The lowest BCUT2D eigenvalue weighted by molar-refractivity contribution is 0.297. The van der Waals surface area contributed by atoms with Gasteiger partial charge in [0.2, 0.25) is 0 Å². The molecule has 0 fully saturated rings. The Hall–Kier alpha value is -1.37. The lowest BCUT2D eigenvalue weighted by atomic mass is 10.0. The van der Waals surface area contributed by atoms with Crippen LogP contribution < -0.4 is 15.2 Å². The molecule has 0 saturated carbocycles. The average Bonchev–Trinajstić information content (AvgIpc) is 2.44. The van der Waals surface area contributed by atoms with Crippen LogP contribution in [0.25, 0.3) is 0 Å². The van der Waals surface area contributed by atoms with Crippen LogP contribution in [0.2, 0.25) is 5.02 Å². The Bertz CT molecular complexity index is 491. The number of benzene rings is 1. The molecule has 1 aromatic rings. The van der Waals surface area contributed by atoms with Gasteiger partial charge in [-0.2, -0.15) is 0 Å². The highest BCUT2D eigenvalue weighted by molar-refractivity contribution is 6.30. The van der Waals surface area contributed by atoms with Crippen molar-refractivity contribution < 1.29 is 9.47 Å². The molecule has 0 bridgehead atoms. The number of hydrogen-bond donors (Lipinski definition) is 1. The van der Waals surface area contributed by atoms with Gasteiger partial charge in [0.1, 0.15) is 0 Å². The maximum absolute atomic E-state index is 6.11. The van der Waals surface area contributed by atoms with Gasteiger partial charge >= 0.3 is 0 Å². The molecule has 0 saturated heterocycles. The number of nitrogens with two attached hydrogens (primary N) is 1. The van der Waals surface area contributed by atoms with E-state index in [-0.39, 0.29) is 6.04 Å². The molecule has 0 spiro atoms. The van der Waals surface area contributed by atoms with Gasteiger partial charge in [0, 0.05) is 29.1 Å². The van der Waals surface area contributed by atoms with Gasteiger partial charge in [0.25, 0.3) is 0 Å². The maximum atomic E-state index is 6.11. The first kappa shape index (κ1) is 16.7. The van der Waals surface area contributed by atoms with Crippen molar-refractivity contribution in [3.8, 4) is 23.3 Å². The molecule has 110 valence electrons. The van der Waals surface area contributed by atoms with E-state index in [1.165, 1.54) is 0 Å². The van der Waals surface area contributed by atoms with Gasteiger partial charge < -0.3 is 15.2 Å². The van der Waals surface area contributed by atoms with E-state index in [0.29, 0.717) is 30.2 Å². The Morgan fingerprint density at radius 3 is 2.75 bits per heavy atom. The fourth-order valence-electron chi connectivity index (χ4n) is 1.85. The van der Waals surface area contributed by atoms with Crippen LogP contribution in [0.3, 0.4) is 0 Å².